The number of nitrogens with one attached hydrogen (secondary N) is 2. The van der Waals surface area contributed by atoms with Gasteiger partial charge in [0, 0.05) is 19.2 Å². The molecule has 1 heterocycles. The third-order valence-electron chi connectivity index (χ3n) is 1.98. The first-order valence-electron chi connectivity index (χ1n) is 5.29. The fraction of sp³-hybridized carbons (Fsp3) is 0.667. The first-order chi connectivity index (χ1) is 7.92. The van der Waals surface area contributed by atoms with Crippen molar-refractivity contribution in [1.29, 1.82) is 0 Å². The average Bonchev–Trinajstić information content (AvgIpc) is 2.65. The first kappa shape index (κ1) is 13.6. The fourth-order valence-electron chi connectivity index (χ4n) is 1.17. The predicted octanol–water partition coefficient (Wildman–Crippen LogP) is -0.468. The number of aromatic nitrogens is 3. The molecule has 0 unspecified atom stereocenters. The summed E-state index contributed by atoms with van der Waals surface area (Å²) in [5.74, 6) is 0.139. The SMILES string of the molecule is CCCc1nc(C(=O)NCCS(C)(=O)=O)n[nH]1. The van der Waals surface area contributed by atoms with E-state index in [1.807, 2.05) is 6.92 Å². The number of sulfone groups is 1. The number of rotatable bonds is 6. The smallest absolute Gasteiger partial charge is 0.290 e. The van der Waals surface area contributed by atoms with Crippen LogP contribution in [0.15, 0.2) is 0 Å². The third-order valence-corrected chi connectivity index (χ3v) is 2.93. The molecule has 0 aromatic carbocycles. The Bertz CT molecular complexity index is 480. The Balaban J connectivity index is 2.46. The Hall–Kier alpha value is -1.44. The molecule has 1 aromatic heterocycles. The number of nitrogens with zero attached hydrogens (tertiary/aromatic N) is 2. The molecule has 0 fully saturated rings. The third kappa shape index (κ3) is 4.94. The summed E-state index contributed by atoms with van der Waals surface area (Å²) in [5.41, 5.74) is 0. The van der Waals surface area contributed by atoms with Gasteiger partial charge in [0.2, 0.25) is 5.82 Å². The Kier molecular flexibility index (Phi) is 4.62. The van der Waals surface area contributed by atoms with E-state index < -0.39 is 15.7 Å². The fourth-order valence-corrected chi connectivity index (χ4v) is 1.65. The van der Waals surface area contributed by atoms with E-state index in [-0.39, 0.29) is 18.1 Å². The molecule has 2 N–H and O–H groups in total. The zero-order valence-corrected chi connectivity index (χ0v) is 10.7. The molecule has 8 heteroatoms. The molecule has 1 amide bonds. The first-order valence-corrected chi connectivity index (χ1v) is 7.35. The van der Waals surface area contributed by atoms with Gasteiger partial charge in [0.15, 0.2) is 0 Å². The molecule has 1 aromatic rings. The van der Waals surface area contributed by atoms with E-state index in [1.54, 1.807) is 0 Å². The van der Waals surface area contributed by atoms with Crippen LogP contribution in [0, 0.1) is 0 Å². The van der Waals surface area contributed by atoms with Crippen molar-refractivity contribution in [1.82, 2.24) is 20.5 Å². The highest BCUT2D eigenvalue weighted by Gasteiger charge is 2.12. The summed E-state index contributed by atoms with van der Waals surface area (Å²) in [6, 6.07) is 0. The van der Waals surface area contributed by atoms with Gasteiger partial charge in [0.1, 0.15) is 15.7 Å². The van der Waals surface area contributed by atoms with Gasteiger partial charge < -0.3 is 5.32 Å². The Morgan fingerprint density at radius 3 is 2.76 bits per heavy atom. The van der Waals surface area contributed by atoms with Crippen LogP contribution in [0.5, 0.6) is 0 Å². The molecule has 17 heavy (non-hydrogen) atoms. The van der Waals surface area contributed by atoms with Crippen LogP contribution in [-0.4, -0.2) is 48.1 Å². The van der Waals surface area contributed by atoms with Crippen LogP contribution in [0.25, 0.3) is 0 Å². The van der Waals surface area contributed by atoms with Gasteiger partial charge in [-0.25, -0.2) is 13.4 Å². The minimum atomic E-state index is -3.07. The van der Waals surface area contributed by atoms with Crippen LogP contribution in [0.4, 0.5) is 0 Å². The Labute approximate surface area is 99.9 Å². The highest BCUT2D eigenvalue weighted by Crippen LogP contribution is 1.96. The molecule has 0 aliphatic carbocycles. The summed E-state index contributed by atoms with van der Waals surface area (Å²) in [7, 11) is -3.07. The predicted molar refractivity (Wildman–Crippen MR) is 62.4 cm³/mol. The van der Waals surface area contributed by atoms with Gasteiger partial charge >= 0.3 is 0 Å². The number of aromatic amines is 1. The number of H-pyrrole nitrogens is 1. The molecular formula is C9H16N4O3S. The summed E-state index contributed by atoms with van der Waals surface area (Å²) in [6.07, 6.45) is 2.75. The van der Waals surface area contributed by atoms with Crippen molar-refractivity contribution in [3.63, 3.8) is 0 Å². The molecule has 0 aliphatic heterocycles. The topological polar surface area (TPSA) is 105 Å². The van der Waals surface area contributed by atoms with Crippen LogP contribution < -0.4 is 5.32 Å². The van der Waals surface area contributed by atoms with Crippen molar-refractivity contribution >= 4 is 15.7 Å². The molecule has 0 aliphatic rings. The van der Waals surface area contributed by atoms with Crippen LogP contribution in [0.1, 0.15) is 29.8 Å². The number of amides is 1. The minimum absolute atomic E-state index is 0.0435. The molecule has 0 radical (unpaired) electrons. The number of hydrogen-bond acceptors (Lipinski definition) is 5. The van der Waals surface area contributed by atoms with Gasteiger partial charge in [-0.1, -0.05) is 6.92 Å². The monoisotopic (exact) mass is 260 g/mol. The number of aryl methyl sites for hydroxylation is 1. The number of hydrogen-bond donors (Lipinski definition) is 2. The van der Waals surface area contributed by atoms with E-state index >= 15 is 0 Å². The Morgan fingerprint density at radius 2 is 2.18 bits per heavy atom. The van der Waals surface area contributed by atoms with Crippen molar-refractivity contribution in [2.45, 2.75) is 19.8 Å². The normalized spacial score (nSPS) is 11.4. The zero-order valence-electron chi connectivity index (χ0n) is 9.86. The van der Waals surface area contributed by atoms with Gasteiger partial charge in [0.05, 0.1) is 5.75 Å². The van der Waals surface area contributed by atoms with Crippen molar-refractivity contribution in [2.24, 2.45) is 0 Å². The summed E-state index contributed by atoms with van der Waals surface area (Å²) >= 11 is 0. The van der Waals surface area contributed by atoms with E-state index in [4.69, 9.17) is 0 Å². The number of carbonyl (C=O) groups excluding carboxylic acids is 1. The number of carbonyl (C=O) groups is 1. The van der Waals surface area contributed by atoms with Crippen molar-refractivity contribution in [2.75, 3.05) is 18.6 Å². The molecule has 0 atom stereocenters. The van der Waals surface area contributed by atoms with E-state index in [1.165, 1.54) is 0 Å². The second kappa shape index (κ2) is 5.76. The van der Waals surface area contributed by atoms with Crippen LogP contribution in [0.2, 0.25) is 0 Å². The summed E-state index contributed by atoms with van der Waals surface area (Å²) in [4.78, 5) is 15.5. The highest BCUT2D eigenvalue weighted by molar-refractivity contribution is 7.90. The van der Waals surface area contributed by atoms with Crippen LogP contribution >= 0.6 is 0 Å². The molecular weight excluding hydrogens is 244 g/mol. The molecule has 1 rings (SSSR count). The maximum absolute atomic E-state index is 11.5. The maximum atomic E-state index is 11.5. The van der Waals surface area contributed by atoms with Gasteiger partial charge in [-0.15, -0.1) is 5.10 Å². The lowest BCUT2D eigenvalue weighted by molar-refractivity contribution is 0.0946. The minimum Gasteiger partial charge on any atom is -0.348 e. The van der Waals surface area contributed by atoms with Crippen LogP contribution in [0.3, 0.4) is 0 Å². The van der Waals surface area contributed by atoms with Crippen molar-refractivity contribution in [3.8, 4) is 0 Å². The van der Waals surface area contributed by atoms with Gasteiger partial charge in [-0.2, -0.15) is 0 Å². The van der Waals surface area contributed by atoms with Crippen molar-refractivity contribution < 1.29 is 13.2 Å². The quantitative estimate of drug-likeness (QED) is 0.719. The molecule has 0 spiro atoms. The van der Waals surface area contributed by atoms with Gasteiger partial charge in [-0.05, 0) is 6.42 Å². The van der Waals surface area contributed by atoms with E-state index in [0.29, 0.717) is 5.82 Å². The zero-order chi connectivity index (χ0) is 12.9. The van der Waals surface area contributed by atoms with Gasteiger partial charge in [0.25, 0.3) is 5.91 Å². The summed E-state index contributed by atoms with van der Waals surface area (Å²) in [6.45, 7) is 2.06. The van der Waals surface area contributed by atoms with E-state index in [0.717, 1.165) is 19.1 Å². The highest BCUT2D eigenvalue weighted by atomic mass is 32.2. The average molecular weight is 260 g/mol. The lowest BCUT2D eigenvalue weighted by Gasteiger charge is -2.00. The standard InChI is InChI=1S/C9H16N4O3S/c1-3-4-7-11-8(13-12-7)9(14)10-5-6-17(2,15)16/h3-6H2,1-2H3,(H,10,14)(H,11,12,13). The molecule has 0 saturated heterocycles. The molecule has 0 bridgehead atoms. The second-order valence-corrected chi connectivity index (χ2v) is 6.00. The largest absolute Gasteiger partial charge is 0.348 e. The summed E-state index contributed by atoms with van der Waals surface area (Å²) in [5, 5.41) is 8.85. The van der Waals surface area contributed by atoms with Crippen LogP contribution in [-0.2, 0) is 16.3 Å². The van der Waals surface area contributed by atoms with Crippen molar-refractivity contribution in [3.05, 3.63) is 11.6 Å². The maximum Gasteiger partial charge on any atom is 0.290 e. The molecule has 7 nitrogen and oxygen atoms in total. The van der Waals surface area contributed by atoms with Gasteiger partial charge in [-0.3, -0.25) is 9.89 Å². The lowest BCUT2D eigenvalue weighted by Crippen LogP contribution is -2.29. The van der Waals surface area contributed by atoms with E-state index in [9.17, 15) is 13.2 Å². The second-order valence-electron chi connectivity index (χ2n) is 3.74. The Morgan fingerprint density at radius 1 is 1.47 bits per heavy atom. The lowest BCUT2D eigenvalue weighted by atomic mass is 10.3. The molecule has 0 saturated carbocycles. The summed E-state index contributed by atoms with van der Waals surface area (Å²) < 4.78 is 21.7. The molecule has 96 valence electrons. The van der Waals surface area contributed by atoms with E-state index in [2.05, 4.69) is 20.5 Å².